The maximum atomic E-state index is 14.0. The Morgan fingerprint density at radius 3 is 1.10 bits per heavy atom. The van der Waals surface area contributed by atoms with E-state index in [-0.39, 0.29) is 0 Å². The maximum absolute atomic E-state index is 14.0. The zero-order valence-electron chi connectivity index (χ0n) is 12.7. The number of hydrogen-bond acceptors (Lipinski definition) is 2. The van der Waals surface area contributed by atoms with Crippen LogP contribution in [0.4, 0.5) is 74.6 Å². The largest absolute Gasteiger partial charge is 0.477 e. The monoisotopic (exact) mass is 492 g/mol. The number of carbonyl (C=O) groups is 1. The molecule has 0 heterocycles. The van der Waals surface area contributed by atoms with E-state index in [0.29, 0.717) is 0 Å². The van der Waals surface area contributed by atoms with Crippen LogP contribution in [-0.2, 0) is 9.53 Å². The molecular weight excluding hydrogens is 491 g/mol. The summed E-state index contributed by atoms with van der Waals surface area (Å²) in [6, 6.07) is 0. The highest BCUT2D eigenvalue weighted by molar-refractivity contribution is 5.76. The first kappa shape index (κ1) is 26.3. The van der Waals surface area contributed by atoms with Gasteiger partial charge in [-0.15, -0.1) is 0 Å². The normalized spacial score (nSPS) is 28.4. The second kappa shape index (κ2) is 5.93. The number of carboxylic acid groups (broad SMARTS) is 1. The summed E-state index contributed by atoms with van der Waals surface area (Å²) in [6.07, 6.45) is -15.6. The van der Waals surface area contributed by atoms with Gasteiger partial charge in [0, 0.05) is 0 Å². The summed E-state index contributed by atoms with van der Waals surface area (Å²) < 4.78 is 224. The fourth-order valence-corrected chi connectivity index (χ4v) is 2.06. The zero-order chi connectivity index (χ0) is 24.8. The van der Waals surface area contributed by atoms with Crippen LogP contribution in [0.3, 0.4) is 0 Å². The minimum Gasteiger partial charge on any atom is -0.477 e. The second-order valence-electron chi connectivity index (χ2n) is 5.55. The minimum atomic E-state index is -8.56. The fourth-order valence-electron chi connectivity index (χ4n) is 2.06. The zero-order valence-corrected chi connectivity index (χ0v) is 12.7. The van der Waals surface area contributed by atoms with Crippen molar-refractivity contribution in [1.29, 1.82) is 0 Å². The number of alkyl halides is 17. The first-order valence-corrected chi connectivity index (χ1v) is 6.30. The van der Waals surface area contributed by atoms with Crippen LogP contribution in [0.15, 0.2) is 0 Å². The summed E-state index contributed by atoms with van der Waals surface area (Å²) in [7, 11) is 0. The molecule has 1 rings (SSSR count). The summed E-state index contributed by atoms with van der Waals surface area (Å²) >= 11 is 0. The average Bonchev–Trinajstić information content (AvgIpc) is 2.49. The van der Waals surface area contributed by atoms with Gasteiger partial charge in [-0.3, -0.25) is 4.74 Å². The summed E-state index contributed by atoms with van der Waals surface area (Å²) in [4.78, 5) is 10.1. The predicted molar refractivity (Wildman–Crippen MR) is 52.1 cm³/mol. The highest BCUT2D eigenvalue weighted by atomic mass is 19.4. The molecule has 1 fully saturated rings. The van der Waals surface area contributed by atoms with Gasteiger partial charge >= 0.3 is 59.4 Å². The molecule has 1 N–H and O–H groups in total. The molecule has 1 atom stereocenters. The first-order valence-electron chi connectivity index (χ1n) is 6.30. The molecule has 30 heavy (non-hydrogen) atoms. The lowest BCUT2D eigenvalue weighted by Gasteiger charge is -2.53. The summed E-state index contributed by atoms with van der Waals surface area (Å²) in [5.41, 5.74) is -8.56. The SMILES string of the molecule is O=C(O)C(F)(OC(F)(F)C1(F)C(F)(F)C(F)(F)C(F)(F)C(F)(F)C1(F)F)C(F)(F)F. The summed E-state index contributed by atoms with van der Waals surface area (Å²) in [6.45, 7) is 0. The third kappa shape index (κ3) is 2.47. The number of rotatable bonds is 4. The molecule has 1 saturated carbocycles. The number of hydrogen-bond donors (Lipinski definition) is 1. The highest BCUT2D eigenvalue weighted by Gasteiger charge is 3.06. The molecule has 20 heteroatoms. The number of ether oxygens (including phenoxy) is 1. The minimum absolute atomic E-state index is 1.45. The Kier molecular flexibility index (Phi) is 5.19. The van der Waals surface area contributed by atoms with Crippen molar-refractivity contribution >= 4 is 5.97 Å². The van der Waals surface area contributed by atoms with Crippen molar-refractivity contribution in [1.82, 2.24) is 0 Å². The van der Waals surface area contributed by atoms with Crippen LogP contribution in [0, 0.1) is 0 Å². The van der Waals surface area contributed by atoms with Crippen LogP contribution in [0.5, 0.6) is 0 Å². The standard InChI is InChI=1S/C10HF17O3/c11-2(1(28)29,9(23,24)25)30-10(26,27)3(12)4(13,14)6(17,18)8(21,22)7(19,20)5(3,15)16/h(H,28,29). The summed E-state index contributed by atoms with van der Waals surface area (Å²) in [5, 5.41) is 7.90. The third-order valence-electron chi connectivity index (χ3n) is 3.75. The molecule has 1 aliphatic carbocycles. The third-order valence-corrected chi connectivity index (χ3v) is 3.75. The van der Waals surface area contributed by atoms with Gasteiger partial charge < -0.3 is 5.11 Å². The Bertz CT molecular complexity index is 694. The van der Waals surface area contributed by atoms with Gasteiger partial charge in [0.15, 0.2) is 0 Å². The van der Waals surface area contributed by atoms with E-state index in [2.05, 4.69) is 0 Å². The summed E-state index contributed by atoms with van der Waals surface area (Å²) in [5.74, 6) is -52.7. The topological polar surface area (TPSA) is 46.5 Å². The fraction of sp³-hybridized carbons (Fsp3) is 0.900. The van der Waals surface area contributed by atoms with E-state index < -0.39 is 59.4 Å². The highest BCUT2D eigenvalue weighted by Crippen LogP contribution is 2.72. The quantitative estimate of drug-likeness (QED) is 0.574. The van der Waals surface area contributed by atoms with Gasteiger partial charge in [0.25, 0.3) is 0 Å². The van der Waals surface area contributed by atoms with E-state index in [4.69, 9.17) is 5.11 Å². The number of aliphatic carboxylic acids is 1. The van der Waals surface area contributed by atoms with Crippen LogP contribution in [0.2, 0.25) is 0 Å². The Hall–Kier alpha value is -1.76. The van der Waals surface area contributed by atoms with Gasteiger partial charge in [-0.25, -0.2) is 9.18 Å². The van der Waals surface area contributed by atoms with Crippen molar-refractivity contribution in [2.24, 2.45) is 0 Å². The van der Waals surface area contributed by atoms with E-state index in [1.807, 2.05) is 0 Å². The lowest BCUT2D eigenvalue weighted by Crippen LogP contribution is -2.88. The van der Waals surface area contributed by atoms with Crippen molar-refractivity contribution in [2.45, 2.75) is 53.4 Å². The predicted octanol–water partition coefficient (Wildman–Crippen LogP) is 4.81. The van der Waals surface area contributed by atoms with Gasteiger partial charge in [0.1, 0.15) is 0 Å². The molecule has 0 spiro atoms. The molecule has 3 nitrogen and oxygen atoms in total. The van der Waals surface area contributed by atoms with Gasteiger partial charge in [0.2, 0.25) is 0 Å². The average molecular weight is 492 g/mol. The van der Waals surface area contributed by atoms with Gasteiger partial charge in [-0.1, -0.05) is 0 Å². The van der Waals surface area contributed by atoms with Crippen molar-refractivity contribution in [3.8, 4) is 0 Å². The smallest absolute Gasteiger partial charge is 0.460 e. The Labute approximate surface area is 150 Å². The van der Waals surface area contributed by atoms with Crippen molar-refractivity contribution in [3.63, 3.8) is 0 Å². The van der Waals surface area contributed by atoms with E-state index >= 15 is 0 Å². The van der Waals surface area contributed by atoms with Crippen LogP contribution in [0.25, 0.3) is 0 Å². The Morgan fingerprint density at radius 1 is 0.600 bits per heavy atom. The first-order chi connectivity index (χ1) is 12.7. The lowest BCUT2D eigenvalue weighted by molar-refractivity contribution is -0.539. The molecule has 0 amide bonds. The molecule has 0 aromatic heterocycles. The molecule has 0 radical (unpaired) electrons. The molecule has 0 aliphatic heterocycles. The Balaban J connectivity index is 3.96. The van der Waals surface area contributed by atoms with Crippen molar-refractivity contribution in [3.05, 3.63) is 0 Å². The second-order valence-corrected chi connectivity index (χ2v) is 5.55. The van der Waals surface area contributed by atoms with E-state index in [0.717, 1.165) is 0 Å². The molecule has 0 aromatic carbocycles. The van der Waals surface area contributed by atoms with Crippen LogP contribution in [0.1, 0.15) is 0 Å². The van der Waals surface area contributed by atoms with E-state index in [1.54, 1.807) is 0 Å². The van der Waals surface area contributed by atoms with Crippen LogP contribution < -0.4 is 0 Å². The maximum Gasteiger partial charge on any atom is 0.460 e. The van der Waals surface area contributed by atoms with E-state index in [9.17, 15) is 79.4 Å². The lowest BCUT2D eigenvalue weighted by atomic mass is 9.71. The molecule has 0 saturated heterocycles. The van der Waals surface area contributed by atoms with Crippen molar-refractivity contribution < 1.29 is 89.3 Å². The number of halogens is 17. The van der Waals surface area contributed by atoms with E-state index in [1.165, 1.54) is 4.74 Å². The molecule has 178 valence electrons. The molecular formula is C10HF17O3. The van der Waals surface area contributed by atoms with Crippen LogP contribution in [-0.4, -0.2) is 64.5 Å². The molecule has 0 bridgehead atoms. The number of carboxylic acids is 1. The van der Waals surface area contributed by atoms with Gasteiger partial charge in [0.05, 0.1) is 0 Å². The molecule has 0 aromatic rings. The van der Waals surface area contributed by atoms with Crippen molar-refractivity contribution in [2.75, 3.05) is 0 Å². The molecule has 1 unspecified atom stereocenters. The van der Waals surface area contributed by atoms with Crippen LogP contribution >= 0.6 is 0 Å². The Morgan fingerprint density at radius 2 is 0.867 bits per heavy atom. The van der Waals surface area contributed by atoms with Gasteiger partial charge in [-0.05, 0) is 0 Å². The van der Waals surface area contributed by atoms with Gasteiger partial charge in [-0.2, -0.15) is 70.2 Å². The molecule has 1 aliphatic rings.